The van der Waals surface area contributed by atoms with E-state index in [1.165, 1.54) is 18.3 Å². The minimum atomic E-state index is -5.42. The van der Waals surface area contributed by atoms with Crippen LogP contribution in [-0.4, -0.2) is 70.6 Å². The van der Waals surface area contributed by atoms with E-state index < -0.39 is 116 Å². The minimum absolute atomic E-state index is 0.0737. The molecule has 10 nitrogen and oxygen atoms in total. The van der Waals surface area contributed by atoms with Crippen molar-refractivity contribution in [2.45, 2.75) is 55.8 Å². The van der Waals surface area contributed by atoms with Crippen LogP contribution in [0.4, 0.5) is 56.2 Å². The van der Waals surface area contributed by atoms with Crippen molar-refractivity contribution in [2.24, 2.45) is 5.41 Å². The van der Waals surface area contributed by atoms with Crippen LogP contribution in [0.2, 0.25) is 0 Å². The van der Waals surface area contributed by atoms with Crippen LogP contribution in [0.3, 0.4) is 0 Å². The number of hydrogen-bond donors (Lipinski definition) is 2. The molecule has 4 aliphatic rings. The highest BCUT2D eigenvalue weighted by Gasteiger charge is 2.77. The number of anilines is 3. The van der Waals surface area contributed by atoms with E-state index in [1.807, 2.05) is 4.90 Å². The zero-order valence-corrected chi connectivity index (χ0v) is 30.2. The third kappa shape index (κ3) is 5.51. The summed E-state index contributed by atoms with van der Waals surface area (Å²) in [5, 5.41) is 8.57. The normalized spacial score (nSPS) is 23.2. The Morgan fingerprint density at radius 2 is 1.84 bits per heavy atom. The number of halogens is 9. The van der Waals surface area contributed by atoms with Gasteiger partial charge in [0, 0.05) is 35.7 Å². The molecular formula is C37H29F9N8O2S. The Kier molecular flexibility index (Phi) is 8.25. The number of alkyl halides is 7. The number of aromatic nitrogens is 3. The third-order valence-electron chi connectivity index (χ3n) is 11.7. The lowest BCUT2D eigenvalue weighted by atomic mass is 9.89. The van der Waals surface area contributed by atoms with Gasteiger partial charge in [-0.15, -0.1) is 11.3 Å². The molecule has 2 unspecified atom stereocenters. The monoisotopic (exact) mass is 820 g/mol. The SMILES string of the molecule is N#Cc1c(N)sc2c(F)ccc(-c3c(C(F)(F)F)c4c5c(nc(OCC67CCCN6C[C@]6(C7)CC6(F)F)nc5c3F)N(C(c3cccnc3N)C(F)F)CCO4)c12. The van der Waals surface area contributed by atoms with E-state index in [1.54, 1.807) is 6.07 Å². The van der Waals surface area contributed by atoms with E-state index in [4.69, 9.17) is 20.9 Å². The second kappa shape index (κ2) is 12.6. The van der Waals surface area contributed by atoms with Gasteiger partial charge in [-0.3, -0.25) is 4.90 Å². The van der Waals surface area contributed by atoms with Gasteiger partial charge in [0.1, 0.15) is 64.6 Å². The summed E-state index contributed by atoms with van der Waals surface area (Å²) in [7, 11) is 0. The van der Waals surface area contributed by atoms with E-state index in [0.717, 1.165) is 17.0 Å². The van der Waals surface area contributed by atoms with Crippen molar-refractivity contribution in [3.63, 3.8) is 0 Å². The first-order valence-corrected chi connectivity index (χ1v) is 18.5. The zero-order valence-electron chi connectivity index (χ0n) is 29.4. The highest BCUT2D eigenvalue weighted by Crippen LogP contribution is 2.69. The smallest absolute Gasteiger partial charge is 0.420 e. The first-order chi connectivity index (χ1) is 27.0. The van der Waals surface area contributed by atoms with Gasteiger partial charge in [0.25, 0.3) is 12.3 Å². The van der Waals surface area contributed by atoms with Crippen molar-refractivity contribution in [3.8, 4) is 29.0 Å². The highest BCUT2D eigenvalue weighted by atomic mass is 32.1. The van der Waals surface area contributed by atoms with Crippen LogP contribution in [0.15, 0.2) is 30.5 Å². The summed E-state index contributed by atoms with van der Waals surface area (Å²) in [5.74, 6) is -7.40. The Bertz CT molecular complexity index is 2550. The summed E-state index contributed by atoms with van der Waals surface area (Å²) in [4.78, 5) is 15.3. The molecule has 298 valence electrons. The van der Waals surface area contributed by atoms with Crippen molar-refractivity contribution < 1.29 is 49.0 Å². The second-order valence-electron chi connectivity index (χ2n) is 14.9. The van der Waals surface area contributed by atoms with Gasteiger partial charge in [-0.2, -0.15) is 28.4 Å². The fourth-order valence-corrected chi connectivity index (χ4v) is 10.1. The number of thiophene rings is 1. The molecule has 9 rings (SSSR count). The van der Waals surface area contributed by atoms with Crippen molar-refractivity contribution in [2.75, 3.05) is 49.2 Å². The van der Waals surface area contributed by atoms with Gasteiger partial charge in [0.15, 0.2) is 5.82 Å². The van der Waals surface area contributed by atoms with Crippen LogP contribution in [-0.2, 0) is 6.18 Å². The average molecular weight is 821 g/mol. The highest BCUT2D eigenvalue weighted by molar-refractivity contribution is 7.23. The Hall–Kier alpha value is -5.29. The van der Waals surface area contributed by atoms with Gasteiger partial charge in [0.2, 0.25) is 0 Å². The molecule has 3 aliphatic heterocycles. The third-order valence-corrected chi connectivity index (χ3v) is 12.7. The maximum absolute atomic E-state index is 17.5. The summed E-state index contributed by atoms with van der Waals surface area (Å²) >= 11 is 0.582. The number of nitrogen functional groups attached to an aromatic ring is 2. The lowest BCUT2D eigenvalue weighted by Gasteiger charge is -2.33. The quantitative estimate of drug-likeness (QED) is 0.155. The molecule has 0 bridgehead atoms. The number of hydrogen-bond acceptors (Lipinski definition) is 11. The summed E-state index contributed by atoms with van der Waals surface area (Å²) < 4.78 is 150. The van der Waals surface area contributed by atoms with Crippen LogP contribution in [0.5, 0.6) is 11.8 Å². The van der Waals surface area contributed by atoms with Crippen molar-refractivity contribution in [1.29, 1.82) is 5.26 Å². The predicted molar refractivity (Wildman–Crippen MR) is 190 cm³/mol. The Labute approximate surface area is 320 Å². The lowest BCUT2D eigenvalue weighted by molar-refractivity contribution is -0.138. The lowest BCUT2D eigenvalue weighted by Crippen LogP contribution is -2.43. The van der Waals surface area contributed by atoms with Crippen molar-refractivity contribution >= 4 is 49.0 Å². The molecule has 3 fully saturated rings. The molecule has 1 spiro atoms. The van der Waals surface area contributed by atoms with E-state index in [0.29, 0.717) is 30.7 Å². The number of ether oxygens (including phenoxy) is 2. The molecular weight excluding hydrogens is 792 g/mol. The first kappa shape index (κ1) is 37.3. The van der Waals surface area contributed by atoms with Gasteiger partial charge in [-0.25, -0.2) is 31.3 Å². The molecule has 0 amide bonds. The Balaban J connectivity index is 1.31. The molecule has 3 atom stereocenters. The molecule has 57 heavy (non-hydrogen) atoms. The Morgan fingerprint density at radius 1 is 1.07 bits per heavy atom. The van der Waals surface area contributed by atoms with Crippen LogP contribution < -0.4 is 25.8 Å². The molecule has 2 saturated heterocycles. The van der Waals surface area contributed by atoms with Crippen molar-refractivity contribution in [3.05, 3.63) is 58.8 Å². The van der Waals surface area contributed by atoms with Gasteiger partial charge >= 0.3 is 12.2 Å². The predicted octanol–water partition coefficient (Wildman–Crippen LogP) is 8.09. The molecule has 1 aliphatic carbocycles. The molecule has 2 aromatic carbocycles. The maximum atomic E-state index is 17.5. The molecule has 1 saturated carbocycles. The first-order valence-electron chi connectivity index (χ1n) is 17.7. The largest absolute Gasteiger partial charge is 0.490 e. The second-order valence-corrected chi connectivity index (χ2v) is 15.9. The molecule has 20 heteroatoms. The number of pyridine rings is 1. The van der Waals surface area contributed by atoms with Crippen LogP contribution >= 0.6 is 11.3 Å². The number of rotatable bonds is 7. The fraction of sp³-hybridized carbons (Fsp3) is 0.405. The molecule has 0 radical (unpaired) electrons. The summed E-state index contributed by atoms with van der Waals surface area (Å²) in [6.45, 7) is -0.855. The molecule has 5 aromatic rings. The topological polar surface area (TPSA) is 139 Å². The van der Waals surface area contributed by atoms with Crippen LogP contribution in [0.25, 0.3) is 32.1 Å². The standard InChI is InChI=1S/C37H29F9N8O2S/c38-19-5-4-16(20-18(11-47)31(49)57-28(19)20)21-23(37(44,45)46)27-22-25(24(21)39)51-33(56-15-35-6-2-8-53(35)14-34(12-35)13-36(34,42)43)52-32(22)54(9-10-55-27)26(29(40)41)17-3-1-7-50-30(17)48/h1,3-5,7,26,29H,2,6,8-10,12-15,49H2,(H2,48,50)/t26?,34-,35?/m0/s1. The van der Waals surface area contributed by atoms with Gasteiger partial charge in [-0.1, -0.05) is 12.1 Å². The van der Waals surface area contributed by atoms with Crippen LogP contribution in [0, 0.1) is 28.4 Å². The van der Waals surface area contributed by atoms with Gasteiger partial charge in [0.05, 0.1) is 33.1 Å². The molecule has 4 N–H and O–H groups in total. The maximum Gasteiger partial charge on any atom is 0.420 e. The van der Waals surface area contributed by atoms with E-state index >= 15 is 30.7 Å². The zero-order chi connectivity index (χ0) is 40.4. The number of nitriles is 1. The van der Waals surface area contributed by atoms with E-state index in [2.05, 4.69) is 15.0 Å². The average Bonchev–Trinajstić information content (AvgIpc) is 3.40. The van der Waals surface area contributed by atoms with Gasteiger partial charge < -0.3 is 25.8 Å². The molecule has 3 aromatic heterocycles. The fourth-order valence-electron chi connectivity index (χ4n) is 9.10. The van der Waals surface area contributed by atoms with E-state index in [-0.39, 0.29) is 47.1 Å². The minimum Gasteiger partial charge on any atom is -0.490 e. The molecule has 6 heterocycles. The number of nitrogens with two attached hydrogens (primary N) is 2. The van der Waals surface area contributed by atoms with Crippen molar-refractivity contribution in [1.82, 2.24) is 19.9 Å². The number of nitrogens with zero attached hydrogens (tertiary/aromatic N) is 6. The number of fused-ring (bicyclic) bond motifs is 2. The van der Waals surface area contributed by atoms with Gasteiger partial charge in [-0.05, 0) is 43.5 Å². The van der Waals surface area contributed by atoms with E-state index in [9.17, 15) is 14.0 Å². The summed E-state index contributed by atoms with van der Waals surface area (Å²) in [6.07, 6.45) is -6.53. The number of benzene rings is 2. The summed E-state index contributed by atoms with van der Waals surface area (Å²) in [6, 6.07) is 3.37. The summed E-state index contributed by atoms with van der Waals surface area (Å²) in [5.41, 5.74) is 4.95. The Morgan fingerprint density at radius 3 is 2.53 bits per heavy atom. The van der Waals surface area contributed by atoms with Crippen LogP contribution in [0.1, 0.15) is 48.4 Å².